The predicted octanol–water partition coefficient (Wildman–Crippen LogP) is 2.84. The fourth-order valence-corrected chi connectivity index (χ4v) is 3.98. The molecule has 0 aromatic carbocycles. The summed E-state index contributed by atoms with van der Waals surface area (Å²) in [5.74, 6) is 2.60. The van der Waals surface area contributed by atoms with Crippen molar-refractivity contribution in [3.05, 3.63) is 0 Å². The summed E-state index contributed by atoms with van der Waals surface area (Å²) >= 11 is 2.11. The Morgan fingerprint density at radius 2 is 2.00 bits per heavy atom. The van der Waals surface area contributed by atoms with Gasteiger partial charge in [-0.2, -0.15) is 11.8 Å². The molecule has 1 heterocycles. The van der Waals surface area contributed by atoms with E-state index in [0.29, 0.717) is 17.5 Å². The van der Waals surface area contributed by atoms with E-state index in [9.17, 15) is 0 Å². The maximum absolute atomic E-state index is 3.81. The second kappa shape index (κ2) is 7.01. The number of hydrogen-bond acceptors (Lipinski definition) is 3. The van der Waals surface area contributed by atoms with Gasteiger partial charge in [0.1, 0.15) is 0 Å². The van der Waals surface area contributed by atoms with E-state index in [1.165, 1.54) is 24.5 Å². The minimum Gasteiger partial charge on any atom is -0.309 e. The molecule has 0 bridgehead atoms. The van der Waals surface area contributed by atoms with Gasteiger partial charge in [-0.25, -0.2) is 0 Å². The molecular weight excluding hydrogens is 228 g/mol. The first-order valence-electron chi connectivity index (χ1n) is 7.03. The minimum atomic E-state index is 0.509. The van der Waals surface area contributed by atoms with Crippen LogP contribution < -0.4 is 5.32 Å². The third-order valence-electron chi connectivity index (χ3n) is 3.56. The van der Waals surface area contributed by atoms with Crippen molar-refractivity contribution in [3.8, 4) is 0 Å². The van der Waals surface area contributed by atoms with Gasteiger partial charge in [-0.05, 0) is 37.6 Å². The van der Waals surface area contributed by atoms with Gasteiger partial charge in [0.15, 0.2) is 0 Å². The molecule has 2 unspecified atom stereocenters. The number of likely N-dealkylation sites (N-methyl/N-ethyl adjacent to an activating group) is 1. The third kappa shape index (κ3) is 5.62. The van der Waals surface area contributed by atoms with Crippen LogP contribution in [0, 0.1) is 5.41 Å². The molecule has 1 aliphatic rings. The molecule has 1 saturated heterocycles. The number of nitrogens with zero attached hydrogens (tertiary/aromatic N) is 1. The normalized spacial score (nSPS) is 26.1. The summed E-state index contributed by atoms with van der Waals surface area (Å²) in [5, 5.41) is 3.81. The van der Waals surface area contributed by atoms with Crippen molar-refractivity contribution >= 4 is 11.8 Å². The molecule has 1 aliphatic heterocycles. The fourth-order valence-electron chi connectivity index (χ4n) is 2.69. The maximum Gasteiger partial charge on any atom is 0.0169 e. The number of nitrogens with one attached hydrogen (secondary N) is 1. The number of thioether (sulfide) groups is 1. The predicted molar refractivity (Wildman–Crippen MR) is 79.9 cm³/mol. The van der Waals surface area contributed by atoms with E-state index < -0.39 is 0 Å². The summed E-state index contributed by atoms with van der Waals surface area (Å²) in [6, 6.07) is 1.31. The monoisotopic (exact) mass is 258 g/mol. The SMILES string of the molecule is CCN(CC)CC(C)NC1CSCC(C)(C)C1. The molecule has 2 nitrogen and oxygen atoms in total. The van der Waals surface area contributed by atoms with Gasteiger partial charge in [0.2, 0.25) is 0 Å². The quantitative estimate of drug-likeness (QED) is 0.789. The lowest BCUT2D eigenvalue weighted by Crippen LogP contribution is -2.48. The summed E-state index contributed by atoms with van der Waals surface area (Å²) < 4.78 is 0. The minimum absolute atomic E-state index is 0.509. The molecule has 0 radical (unpaired) electrons. The van der Waals surface area contributed by atoms with Gasteiger partial charge < -0.3 is 10.2 Å². The zero-order valence-electron chi connectivity index (χ0n) is 12.3. The van der Waals surface area contributed by atoms with Crippen LogP contribution in [0.25, 0.3) is 0 Å². The van der Waals surface area contributed by atoms with Crippen LogP contribution in [0.1, 0.15) is 41.0 Å². The van der Waals surface area contributed by atoms with Crippen molar-refractivity contribution in [1.29, 1.82) is 0 Å². The van der Waals surface area contributed by atoms with Crippen LogP contribution in [-0.4, -0.2) is 48.1 Å². The summed E-state index contributed by atoms with van der Waals surface area (Å²) in [4.78, 5) is 2.50. The molecule has 1 N–H and O–H groups in total. The molecule has 0 saturated carbocycles. The average Bonchev–Trinajstić information content (AvgIpc) is 2.24. The highest BCUT2D eigenvalue weighted by Crippen LogP contribution is 2.33. The van der Waals surface area contributed by atoms with Crippen molar-refractivity contribution in [2.75, 3.05) is 31.1 Å². The molecule has 0 amide bonds. The molecule has 3 heteroatoms. The van der Waals surface area contributed by atoms with E-state index in [0.717, 1.165) is 13.1 Å². The Morgan fingerprint density at radius 1 is 1.35 bits per heavy atom. The molecule has 102 valence electrons. The van der Waals surface area contributed by atoms with Crippen LogP contribution in [0.15, 0.2) is 0 Å². The van der Waals surface area contributed by atoms with Crippen LogP contribution in [0.4, 0.5) is 0 Å². The first-order chi connectivity index (χ1) is 7.96. The Kier molecular flexibility index (Phi) is 6.32. The van der Waals surface area contributed by atoms with Crippen LogP contribution >= 0.6 is 11.8 Å². The molecule has 1 fully saturated rings. The highest BCUT2D eigenvalue weighted by molar-refractivity contribution is 7.99. The Morgan fingerprint density at radius 3 is 2.53 bits per heavy atom. The fraction of sp³-hybridized carbons (Fsp3) is 1.00. The number of hydrogen-bond donors (Lipinski definition) is 1. The second-order valence-electron chi connectivity index (χ2n) is 6.13. The molecule has 1 rings (SSSR count). The van der Waals surface area contributed by atoms with Crippen LogP contribution in [-0.2, 0) is 0 Å². The Balaban J connectivity index is 2.32. The highest BCUT2D eigenvalue weighted by Gasteiger charge is 2.29. The van der Waals surface area contributed by atoms with Gasteiger partial charge in [-0.15, -0.1) is 0 Å². The smallest absolute Gasteiger partial charge is 0.0169 e. The van der Waals surface area contributed by atoms with E-state index >= 15 is 0 Å². The Hall–Kier alpha value is 0.270. The molecular formula is C14H30N2S. The maximum atomic E-state index is 3.81. The zero-order valence-corrected chi connectivity index (χ0v) is 13.1. The number of rotatable bonds is 6. The summed E-state index contributed by atoms with van der Waals surface area (Å²) in [6.07, 6.45) is 1.32. The van der Waals surface area contributed by atoms with Crippen molar-refractivity contribution in [2.24, 2.45) is 5.41 Å². The Bertz CT molecular complexity index is 214. The first-order valence-corrected chi connectivity index (χ1v) is 8.18. The van der Waals surface area contributed by atoms with Crippen LogP contribution in [0.3, 0.4) is 0 Å². The summed E-state index contributed by atoms with van der Waals surface area (Å²) in [5.41, 5.74) is 0.509. The second-order valence-corrected chi connectivity index (χ2v) is 7.16. The zero-order chi connectivity index (χ0) is 12.9. The Labute approximate surface area is 112 Å². The highest BCUT2D eigenvalue weighted by atomic mass is 32.2. The van der Waals surface area contributed by atoms with E-state index in [2.05, 4.69) is 56.6 Å². The lowest BCUT2D eigenvalue weighted by Gasteiger charge is -2.37. The molecule has 17 heavy (non-hydrogen) atoms. The van der Waals surface area contributed by atoms with Crippen molar-refractivity contribution in [1.82, 2.24) is 10.2 Å². The molecule has 0 aliphatic carbocycles. The average molecular weight is 258 g/mol. The van der Waals surface area contributed by atoms with Gasteiger partial charge in [-0.3, -0.25) is 0 Å². The summed E-state index contributed by atoms with van der Waals surface area (Å²) in [6.45, 7) is 15.1. The van der Waals surface area contributed by atoms with Gasteiger partial charge in [0, 0.05) is 24.4 Å². The van der Waals surface area contributed by atoms with Gasteiger partial charge >= 0.3 is 0 Å². The molecule has 2 atom stereocenters. The standard InChI is InChI=1S/C14H30N2S/c1-6-16(7-2)9-12(3)15-13-8-14(4,5)11-17-10-13/h12-13,15H,6-11H2,1-5H3. The molecule has 0 aromatic heterocycles. The van der Waals surface area contributed by atoms with Crippen LogP contribution in [0.5, 0.6) is 0 Å². The molecule has 0 aromatic rings. The lowest BCUT2D eigenvalue weighted by atomic mass is 9.87. The largest absolute Gasteiger partial charge is 0.309 e. The summed E-state index contributed by atoms with van der Waals surface area (Å²) in [7, 11) is 0. The molecule has 0 spiro atoms. The van der Waals surface area contributed by atoms with Crippen molar-refractivity contribution in [3.63, 3.8) is 0 Å². The van der Waals surface area contributed by atoms with E-state index in [-0.39, 0.29) is 0 Å². The van der Waals surface area contributed by atoms with Gasteiger partial charge in [0.05, 0.1) is 0 Å². The van der Waals surface area contributed by atoms with Gasteiger partial charge in [-0.1, -0.05) is 27.7 Å². The third-order valence-corrected chi connectivity index (χ3v) is 5.18. The van der Waals surface area contributed by atoms with E-state index in [4.69, 9.17) is 0 Å². The first kappa shape index (κ1) is 15.3. The van der Waals surface area contributed by atoms with Crippen molar-refractivity contribution < 1.29 is 0 Å². The topological polar surface area (TPSA) is 15.3 Å². The van der Waals surface area contributed by atoms with E-state index in [1.54, 1.807) is 0 Å². The van der Waals surface area contributed by atoms with Crippen molar-refractivity contribution in [2.45, 2.75) is 53.1 Å². The lowest BCUT2D eigenvalue weighted by molar-refractivity contribution is 0.244. The van der Waals surface area contributed by atoms with Crippen LogP contribution in [0.2, 0.25) is 0 Å². The van der Waals surface area contributed by atoms with E-state index in [1.807, 2.05) is 0 Å². The van der Waals surface area contributed by atoms with Gasteiger partial charge in [0.25, 0.3) is 0 Å².